The molecule has 204 valence electrons. The Hall–Kier alpha value is -2.91. The predicted molar refractivity (Wildman–Crippen MR) is 181 cm³/mol. The molecule has 4 atom stereocenters. The number of aryl methyl sites for hydroxylation is 2. The SMILES string of the molecule is Cc1ccc(C(I)[C@@H](Cc2ccc(CC(c3ccccc3)[C@H](C)c3ccc(C)cc3)cc2)C2=CCCC=C2)cc1. The molecule has 4 aromatic rings. The minimum Gasteiger partial charge on any atom is -0.0840 e. The molecule has 4 aromatic carbocycles. The van der Waals surface area contributed by atoms with Gasteiger partial charge in [0.05, 0.1) is 0 Å². The van der Waals surface area contributed by atoms with Crippen molar-refractivity contribution in [3.63, 3.8) is 0 Å². The number of alkyl halides is 1. The van der Waals surface area contributed by atoms with Gasteiger partial charge in [0.1, 0.15) is 0 Å². The average molecular weight is 637 g/mol. The molecule has 1 heteroatoms. The van der Waals surface area contributed by atoms with E-state index in [1.807, 2.05) is 0 Å². The first-order chi connectivity index (χ1) is 19.5. The van der Waals surface area contributed by atoms with E-state index < -0.39 is 0 Å². The second-order valence-corrected chi connectivity index (χ2v) is 12.9. The Kier molecular flexibility index (Phi) is 9.75. The van der Waals surface area contributed by atoms with Crippen molar-refractivity contribution in [2.45, 2.75) is 62.2 Å². The third kappa shape index (κ3) is 7.23. The summed E-state index contributed by atoms with van der Waals surface area (Å²) in [6, 6.07) is 38.8. The molecule has 2 unspecified atom stereocenters. The van der Waals surface area contributed by atoms with Gasteiger partial charge in [-0.3, -0.25) is 0 Å². The van der Waals surface area contributed by atoms with Crippen LogP contribution >= 0.6 is 22.6 Å². The van der Waals surface area contributed by atoms with Gasteiger partial charge >= 0.3 is 0 Å². The Bertz CT molecular complexity index is 1410. The first-order valence-electron chi connectivity index (χ1n) is 14.7. The van der Waals surface area contributed by atoms with Crippen LogP contribution in [0, 0.1) is 19.8 Å². The van der Waals surface area contributed by atoms with E-state index in [1.165, 1.54) is 44.5 Å². The summed E-state index contributed by atoms with van der Waals surface area (Å²) in [5.74, 6) is 1.33. The zero-order chi connectivity index (χ0) is 27.9. The lowest BCUT2D eigenvalue weighted by atomic mass is 9.78. The van der Waals surface area contributed by atoms with Crippen molar-refractivity contribution in [1.29, 1.82) is 0 Å². The summed E-state index contributed by atoms with van der Waals surface area (Å²) < 4.78 is 0.435. The lowest BCUT2D eigenvalue weighted by Gasteiger charge is -2.27. The maximum absolute atomic E-state index is 2.68. The van der Waals surface area contributed by atoms with Gasteiger partial charge in [0.15, 0.2) is 0 Å². The third-order valence-corrected chi connectivity index (χ3v) is 10.2. The lowest BCUT2D eigenvalue weighted by molar-refractivity contribution is 0.572. The number of allylic oxidation sites excluding steroid dienone is 4. The minimum absolute atomic E-state index is 0.431. The van der Waals surface area contributed by atoms with E-state index in [0.29, 0.717) is 21.7 Å². The first kappa shape index (κ1) is 28.6. The number of hydrogen-bond acceptors (Lipinski definition) is 0. The predicted octanol–water partition coefficient (Wildman–Crippen LogP) is 11.0. The molecule has 0 aromatic heterocycles. The molecule has 0 nitrogen and oxygen atoms in total. The van der Waals surface area contributed by atoms with E-state index in [0.717, 1.165) is 25.7 Å². The number of halogens is 1. The summed E-state index contributed by atoms with van der Waals surface area (Å²) in [6.07, 6.45) is 11.6. The topological polar surface area (TPSA) is 0 Å². The molecule has 40 heavy (non-hydrogen) atoms. The quantitative estimate of drug-likeness (QED) is 0.120. The van der Waals surface area contributed by atoms with Gasteiger partial charge in [-0.05, 0) is 84.8 Å². The maximum Gasteiger partial charge on any atom is 0.0431 e. The molecule has 0 bridgehead atoms. The minimum atomic E-state index is 0.431. The summed E-state index contributed by atoms with van der Waals surface area (Å²) in [6.45, 7) is 6.72. The van der Waals surface area contributed by atoms with Crippen LogP contribution in [0.15, 0.2) is 127 Å². The monoisotopic (exact) mass is 636 g/mol. The summed E-state index contributed by atoms with van der Waals surface area (Å²) in [5.41, 5.74) is 11.2. The van der Waals surface area contributed by atoms with Gasteiger partial charge in [-0.15, -0.1) is 0 Å². The molecule has 1 aliphatic rings. The molecule has 0 spiro atoms. The molecule has 0 saturated heterocycles. The van der Waals surface area contributed by atoms with Crippen LogP contribution in [-0.4, -0.2) is 0 Å². The number of hydrogen-bond donors (Lipinski definition) is 0. The van der Waals surface area contributed by atoms with Gasteiger partial charge in [-0.25, -0.2) is 0 Å². The average Bonchev–Trinajstić information content (AvgIpc) is 3.00. The summed E-state index contributed by atoms with van der Waals surface area (Å²) >= 11 is 2.68. The van der Waals surface area contributed by atoms with Crippen LogP contribution in [0.25, 0.3) is 0 Å². The standard InChI is InChI=1S/C39H41I/c1-28-14-22-33(23-15-28)30(3)37(34-10-6-4-7-11-34)26-31-18-20-32(21-19-31)27-38(35-12-8-5-9-13-35)39(40)36-24-16-29(2)17-25-36/h4,6-8,10-25,30,37-39H,5,9,26-27H2,1-3H3/t30-,37?,38+,39?/m1/s1. The van der Waals surface area contributed by atoms with Gasteiger partial charge in [-0.1, -0.05) is 162 Å². The van der Waals surface area contributed by atoms with E-state index in [1.54, 1.807) is 0 Å². The maximum atomic E-state index is 2.68. The zero-order valence-electron chi connectivity index (χ0n) is 24.1. The van der Waals surface area contributed by atoms with E-state index in [-0.39, 0.29) is 0 Å². The van der Waals surface area contributed by atoms with Crippen LogP contribution in [0.2, 0.25) is 0 Å². The van der Waals surface area contributed by atoms with Crippen molar-refractivity contribution in [2.75, 3.05) is 0 Å². The normalized spacial score (nSPS) is 16.1. The van der Waals surface area contributed by atoms with Gasteiger partial charge < -0.3 is 0 Å². The fourth-order valence-electron chi connectivity index (χ4n) is 5.99. The van der Waals surface area contributed by atoms with Crippen LogP contribution in [0.5, 0.6) is 0 Å². The first-order valence-corrected chi connectivity index (χ1v) is 16.0. The molecule has 1 aliphatic carbocycles. The highest BCUT2D eigenvalue weighted by molar-refractivity contribution is 14.1. The van der Waals surface area contributed by atoms with Gasteiger partial charge in [0.2, 0.25) is 0 Å². The fourth-order valence-corrected chi connectivity index (χ4v) is 7.07. The highest BCUT2D eigenvalue weighted by atomic mass is 127. The molecule has 0 heterocycles. The Morgan fingerprint density at radius 1 is 0.600 bits per heavy atom. The second kappa shape index (κ2) is 13.6. The van der Waals surface area contributed by atoms with E-state index in [2.05, 4.69) is 165 Å². The number of rotatable bonds is 10. The fraction of sp³-hybridized carbons (Fsp3) is 0.282. The van der Waals surface area contributed by atoms with Crippen LogP contribution in [0.3, 0.4) is 0 Å². The molecule has 0 amide bonds. The van der Waals surface area contributed by atoms with Crippen LogP contribution < -0.4 is 0 Å². The molecular formula is C39H41I. The van der Waals surface area contributed by atoms with Gasteiger partial charge in [0.25, 0.3) is 0 Å². The number of benzene rings is 4. The highest BCUT2D eigenvalue weighted by Gasteiger charge is 2.25. The smallest absolute Gasteiger partial charge is 0.0431 e. The van der Waals surface area contributed by atoms with E-state index in [4.69, 9.17) is 0 Å². The van der Waals surface area contributed by atoms with Crippen molar-refractivity contribution in [3.05, 3.63) is 166 Å². The largest absolute Gasteiger partial charge is 0.0840 e. The zero-order valence-corrected chi connectivity index (χ0v) is 26.2. The Morgan fingerprint density at radius 3 is 1.70 bits per heavy atom. The van der Waals surface area contributed by atoms with Crippen LogP contribution in [0.4, 0.5) is 0 Å². The van der Waals surface area contributed by atoms with E-state index in [9.17, 15) is 0 Å². The molecular weight excluding hydrogens is 595 g/mol. The summed E-state index contributed by atoms with van der Waals surface area (Å²) in [4.78, 5) is 0. The molecule has 0 fully saturated rings. The Balaban J connectivity index is 1.36. The van der Waals surface area contributed by atoms with E-state index >= 15 is 0 Å². The summed E-state index contributed by atoms with van der Waals surface area (Å²) in [7, 11) is 0. The Morgan fingerprint density at radius 2 is 1.15 bits per heavy atom. The second-order valence-electron chi connectivity index (χ2n) is 11.5. The third-order valence-electron chi connectivity index (χ3n) is 8.57. The van der Waals surface area contributed by atoms with Crippen molar-refractivity contribution in [2.24, 2.45) is 5.92 Å². The molecule has 0 aliphatic heterocycles. The highest BCUT2D eigenvalue weighted by Crippen LogP contribution is 2.40. The van der Waals surface area contributed by atoms with Gasteiger partial charge in [0, 0.05) is 9.84 Å². The van der Waals surface area contributed by atoms with Crippen molar-refractivity contribution in [3.8, 4) is 0 Å². The van der Waals surface area contributed by atoms with Crippen LogP contribution in [0.1, 0.15) is 74.5 Å². The van der Waals surface area contributed by atoms with Crippen molar-refractivity contribution >= 4 is 22.6 Å². The van der Waals surface area contributed by atoms with Crippen molar-refractivity contribution < 1.29 is 0 Å². The molecule has 0 saturated carbocycles. The molecule has 5 rings (SSSR count). The molecule has 0 radical (unpaired) electrons. The van der Waals surface area contributed by atoms with Crippen LogP contribution in [-0.2, 0) is 12.8 Å². The molecule has 0 N–H and O–H groups in total. The lowest BCUT2D eigenvalue weighted by Crippen LogP contribution is -2.15. The Labute approximate surface area is 255 Å². The van der Waals surface area contributed by atoms with Gasteiger partial charge in [-0.2, -0.15) is 0 Å². The summed E-state index contributed by atoms with van der Waals surface area (Å²) in [5, 5.41) is 0. The van der Waals surface area contributed by atoms with Crippen molar-refractivity contribution in [1.82, 2.24) is 0 Å².